The van der Waals surface area contributed by atoms with E-state index in [0.29, 0.717) is 0 Å². The highest BCUT2D eigenvalue weighted by Crippen LogP contribution is 2.34. The topological polar surface area (TPSA) is 159 Å². The molecule has 1 aliphatic rings. The van der Waals surface area contributed by atoms with Crippen molar-refractivity contribution in [3.8, 4) is 0 Å². The molecule has 110 valence electrons. The monoisotopic (exact) mass is 285 g/mol. The number of hydrogen-bond acceptors (Lipinski definition) is 6. The molecule has 9 heteroatoms. The fourth-order valence-electron chi connectivity index (χ4n) is 2.56. The number of primary amides is 1. The van der Waals surface area contributed by atoms with E-state index in [0.717, 1.165) is 10.6 Å². The van der Waals surface area contributed by atoms with Crippen molar-refractivity contribution in [3.63, 3.8) is 0 Å². The maximum Gasteiger partial charge on any atom is 0.329 e. The summed E-state index contributed by atoms with van der Waals surface area (Å²) in [4.78, 5) is 36.4. The van der Waals surface area contributed by atoms with E-state index in [9.17, 15) is 24.6 Å². The van der Waals surface area contributed by atoms with Crippen LogP contribution < -0.4 is 17.0 Å². The zero-order chi connectivity index (χ0) is 15.0. The predicted octanol–water partition coefficient (Wildman–Crippen LogP) is -3.09. The van der Waals surface area contributed by atoms with E-state index in [1.54, 1.807) is 0 Å². The van der Waals surface area contributed by atoms with Crippen molar-refractivity contribution in [3.05, 3.63) is 32.6 Å². The first-order valence-corrected chi connectivity index (χ1v) is 5.99. The lowest BCUT2D eigenvalue weighted by Gasteiger charge is -2.20. The van der Waals surface area contributed by atoms with Crippen LogP contribution in [0.1, 0.15) is 23.0 Å². The molecule has 0 bridgehead atoms. The molecule has 20 heavy (non-hydrogen) atoms. The van der Waals surface area contributed by atoms with Gasteiger partial charge in [-0.3, -0.25) is 19.1 Å². The van der Waals surface area contributed by atoms with Gasteiger partial charge in [0.2, 0.25) is 0 Å². The molecule has 1 amide bonds. The van der Waals surface area contributed by atoms with Crippen LogP contribution in [0, 0.1) is 5.92 Å². The molecule has 1 aromatic rings. The lowest BCUT2D eigenvalue weighted by molar-refractivity contribution is -0.00479. The molecular formula is C11H15N3O6. The largest absolute Gasteiger partial charge is 0.396 e. The molecule has 4 atom stereocenters. The van der Waals surface area contributed by atoms with Gasteiger partial charge in [0, 0.05) is 18.6 Å². The second kappa shape index (κ2) is 5.19. The third-order valence-electron chi connectivity index (χ3n) is 3.57. The summed E-state index contributed by atoms with van der Waals surface area (Å²) in [6.07, 6.45) is -2.51. The van der Waals surface area contributed by atoms with E-state index in [2.05, 4.69) is 0 Å². The molecule has 0 aliphatic heterocycles. The fraction of sp³-hybridized carbons (Fsp3) is 0.545. The lowest BCUT2D eigenvalue weighted by atomic mass is 10.1. The summed E-state index contributed by atoms with van der Waals surface area (Å²) in [7, 11) is 0. The molecule has 1 fully saturated rings. The molecule has 0 radical (unpaired) electrons. The second-order valence-corrected chi connectivity index (χ2v) is 4.79. The number of aromatic amines is 1. The molecule has 1 saturated carbocycles. The number of amides is 1. The Balaban J connectivity index is 2.56. The van der Waals surface area contributed by atoms with Gasteiger partial charge in [-0.2, -0.15) is 0 Å². The van der Waals surface area contributed by atoms with Crippen molar-refractivity contribution in [2.24, 2.45) is 11.7 Å². The van der Waals surface area contributed by atoms with Crippen LogP contribution in [0.4, 0.5) is 0 Å². The van der Waals surface area contributed by atoms with Crippen LogP contribution in [0.5, 0.6) is 0 Å². The molecule has 0 aromatic carbocycles. The quantitative estimate of drug-likeness (QED) is 0.396. The summed E-state index contributed by atoms with van der Waals surface area (Å²) in [5.41, 5.74) is 3.08. The van der Waals surface area contributed by atoms with Crippen molar-refractivity contribution in [1.29, 1.82) is 0 Å². The number of nitrogens with two attached hydrogens (primary N) is 1. The Bertz CT molecular complexity index is 636. The highest BCUT2D eigenvalue weighted by Gasteiger charge is 2.43. The second-order valence-electron chi connectivity index (χ2n) is 4.79. The smallest absolute Gasteiger partial charge is 0.329 e. The van der Waals surface area contributed by atoms with Gasteiger partial charge in [0.05, 0.1) is 12.1 Å². The predicted molar refractivity (Wildman–Crippen MR) is 66.1 cm³/mol. The number of rotatable bonds is 3. The number of carbonyl (C=O) groups is 1. The van der Waals surface area contributed by atoms with E-state index >= 15 is 0 Å². The van der Waals surface area contributed by atoms with Gasteiger partial charge in [-0.05, 0) is 6.42 Å². The highest BCUT2D eigenvalue weighted by molar-refractivity contribution is 5.90. The highest BCUT2D eigenvalue weighted by atomic mass is 16.3. The van der Waals surface area contributed by atoms with E-state index in [1.807, 2.05) is 4.98 Å². The fourth-order valence-corrected chi connectivity index (χ4v) is 2.56. The van der Waals surface area contributed by atoms with Gasteiger partial charge in [0.25, 0.3) is 11.5 Å². The summed E-state index contributed by atoms with van der Waals surface area (Å²) in [5, 5.41) is 28.8. The van der Waals surface area contributed by atoms with E-state index in [4.69, 9.17) is 10.8 Å². The number of aliphatic hydroxyl groups excluding tert-OH is 3. The molecule has 1 aliphatic carbocycles. The van der Waals surface area contributed by atoms with Crippen molar-refractivity contribution in [2.45, 2.75) is 24.7 Å². The molecule has 0 unspecified atom stereocenters. The summed E-state index contributed by atoms with van der Waals surface area (Å²) in [6, 6.07) is -0.0937. The van der Waals surface area contributed by atoms with E-state index in [1.165, 1.54) is 0 Å². The van der Waals surface area contributed by atoms with Crippen molar-refractivity contribution < 1.29 is 20.1 Å². The molecule has 0 saturated heterocycles. The Morgan fingerprint density at radius 2 is 2.05 bits per heavy atom. The Hall–Kier alpha value is -1.97. The van der Waals surface area contributed by atoms with Crippen LogP contribution in [0.3, 0.4) is 0 Å². The minimum atomic E-state index is -1.35. The Morgan fingerprint density at radius 3 is 2.55 bits per heavy atom. The number of hydrogen-bond donors (Lipinski definition) is 5. The Kier molecular flexibility index (Phi) is 3.75. The van der Waals surface area contributed by atoms with Crippen LogP contribution in [0.2, 0.25) is 0 Å². The first-order chi connectivity index (χ1) is 9.36. The standard InChI is InChI=1S/C11H15N3O6/c12-10(19)6-2-7(16)13-11(20)14(6)5-1-4(3-15)8(17)9(5)18/h2,4-5,8-9,15,17-18H,1,3H2,(H2,12,19)(H,13,16,20)/t4-,5-,8-,9+/m1/s1. The molecular weight excluding hydrogens is 270 g/mol. The Morgan fingerprint density at radius 1 is 1.40 bits per heavy atom. The van der Waals surface area contributed by atoms with Gasteiger partial charge in [0.1, 0.15) is 11.8 Å². The van der Waals surface area contributed by atoms with Crippen LogP contribution in [-0.4, -0.2) is 49.6 Å². The molecule has 0 spiro atoms. The van der Waals surface area contributed by atoms with Gasteiger partial charge in [0.15, 0.2) is 0 Å². The molecule has 6 N–H and O–H groups in total. The normalized spacial score (nSPS) is 29.6. The summed E-state index contributed by atoms with van der Waals surface area (Å²) >= 11 is 0. The van der Waals surface area contributed by atoms with Crippen LogP contribution in [0.15, 0.2) is 15.7 Å². The average Bonchev–Trinajstić information content (AvgIpc) is 2.65. The number of carbonyl (C=O) groups excluding carboxylic acids is 1. The molecule has 1 heterocycles. The van der Waals surface area contributed by atoms with Gasteiger partial charge < -0.3 is 21.1 Å². The average molecular weight is 285 g/mol. The van der Waals surface area contributed by atoms with Gasteiger partial charge in [-0.15, -0.1) is 0 Å². The van der Waals surface area contributed by atoms with Crippen molar-refractivity contribution in [2.75, 3.05) is 6.61 Å². The third-order valence-corrected chi connectivity index (χ3v) is 3.57. The van der Waals surface area contributed by atoms with Crippen molar-refractivity contribution in [1.82, 2.24) is 9.55 Å². The van der Waals surface area contributed by atoms with E-state index < -0.39 is 41.3 Å². The van der Waals surface area contributed by atoms with Crippen LogP contribution in [-0.2, 0) is 0 Å². The van der Waals surface area contributed by atoms with E-state index in [-0.39, 0.29) is 18.7 Å². The Labute approximate surface area is 112 Å². The maximum absolute atomic E-state index is 11.8. The number of H-pyrrole nitrogens is 1. The van der Waals surface area contributed by atoms with Gasteiger partial charge in [-0.1, -0.05) is 0 Å². The van der Waals surface area contributed by atoms with Gasteiger partial charge in [-0.25, -0.2) is 4.79 Å². The first-order valence-electron chi connectivity index (χ1n) is 5.99. The lowest BCUT2D eigenvalue weighted by Crippen LogP contribution is -2.41. The van der Waals surface area contributed by atoms with Crippen molar-refractivity contribution >= 4 is 5.91 Å². The molecule has 2 rings (SSSR count). The number of nitrogens with one attached hydrogen (secondary N) is 1. The minimum absolute atomic E-state index is 0.0745. The SMILES string of the molecule is NC(=O)c1cc(=O)[nH]c(=O)n1[C@@H]1C[C@H](CO)[C@@H](O)[C@H]1O. The molecule has 1 aromatic heterocycles. The number of nitrogens with zero attached hydrogens (tertiary/aromatic N) is 1. The first kappa shape index (κ1) is 14.4. The number of aromatic nitrogens is 2. The van der Waals surface area contributed by atoms with Crippen LogP contribution in [0.25, 0.3) is 0 Å². The summed E-state index contributed by atoms with van der Waals surface area (Å²) < 4.78 is 0.854. The zero-order valence-corrected chi connectivity index (χ0v) is 10.4. The van der Waals surface area contributed by atoms with Gasteiger partial charge >= 0.3 is 5.69 Å². The maximum atomic E-state index is 11.8. The van der Waals surface area contributed by atoms with Crippen LogP contribution >= 0.6 is 0 Å². The zero-order valence-electron chi connectivity index (χ0n) is 10.4. The minimum Gasteiger partial charge on any atom is -0.396 e. The third kappa shape index (κ3) is 2.26. The summed E-state index contributed by atoms with van der Waals surface area (Å²) in [5.74, 6) is -1.63. The number of aliphatic hydroxyl groups is 3. The summed E-state index contributed by atoms with van der Waals surface area (Å²) in [6.45, 7) is -0.376. The molecule has 9 nitrogen and oxygen atoms in total.